The van der Waals surface area contributed by atoms with E-state index < -0.39 is 0 Å². The highest BCUT2D eigenvalue weighted by molar-refractivity contribution is 5.79. The van der Waals surface area contributed by atoms with E-state index in [-0.39, 0.29) is 0 Å². The first kappa shape index (κ1) is 21.1. The van der Waals surface area contributed by atoms with Crippen LogP contribution in [0, 0.1) is 5.92 Å². The van der Waals surface area contributed by atoms with E-state index in [4.69, 9.17) is 4.99 Å². The molecule has 0 spiro atoms. The van der Waals surface area contributed by atoms with Gasteiger partial charge in [-0.15, -0.1) is 10.2 Å². The van der Waals surface area contributed by atoms with Crippen molar-refractivity contribution < 1.29 is 0 Å². The minimum absolute atomic E-state index is 0.841. The van der Waals surface area contributed by atoms with E-state index in [2.05, 4.69) is 44.1 Å². The fourth-order valence-corrected chi connectivity index (χ4v) is 4.14. The molecule has 0 atom stereocenters. The van der Waals surface area contributed by atoms with Gasteiger partial charge in [-0.1, -0.05) is 13.3 Å². The molecule has 28 heavy (non-hydrogen) atoms. The second-order valence-corrected chi connectivity index (χ2v) is 8.31. The number of aliphatic imine (C=N–C) groups is 1. The highest BCUT2D eigenvalue weighted by atomic mass is 15.3. The Balaban J connectivity index is 1.39. The summed E-state index contributed by atoms with van der Waals surface area (Å²) in [7, 11) is 0. The van der Waals surface area contributed by atoms with E-state index >= 15 is 0 Å². The number of nitrogens with one attached hydrogen (secondary N) is 2. The first-order valence-electron chi connectivity index (χ1n) is 11.4. The normalized spacial score (nSPS) is 19.3. The first-order valence-corrected chi connectivity index (χ1v) is 11.4. The molecule has 0 aromatic carbocycles. The molecular weight excluding hydrogens is 350 g/mol. The number of fused-ring (bicyclic) bond motifs is 1. The maximum atomic E-state index is 4.76. The summed E-state index contributed by atoms with van der Waals surface area (Å²) in [5.74, 6) is 4.10. The fraction of sp³-hybridized carbons (Fsp3) is 0.857. The molecule has 7 heteroatoms. The molecule has 3 heterocycles. The van der Waals surface area contributed by atoms with Crippen molar-refractivity contribution in [1.29, 1.82) is 0 Å². The lowest BCUT2D eigenvalue weighted by atomic mass is 9.99. The Morgan fingerprint density at radius 3 is 2.79 bits per heavy atom. The summed E-state index contributed by atoms with van der Waals surface area (Å²) in [5, 5.41) is 15.6. The minimum Gasteiger partial charge on any atom is -0.357 e. The Hall–Kier alpha value is -1.63. The Morgan fingerprint density at radius 1 is 1.11 bits per heavy atom. The first-order chi connectivity index (χ1) is 13.8. The van der Waals surface area contributed by atoms with E-state index in [9.17, 15) is 0 Å². The van der Waals surface area contributed by atoms with Gasteiger partial charge in [0.05, 0.1) is 0 Å². The molecule has 0 unspecified atom stereocenters. The van der Waals surface area contributed by atoms with E-state index in [0.29, 0.717) is 0 Å². The molecule has 1 aromatic rings. The summed E-state index contributed by atoms with van der Waals surface area (Å²) >= 11 is 0. The third-order valence-electron chi connectivity index (χ3n) is 5.95. The van der Waals surface area contributed by atoms with Crippen LogP contribution in [0.25, 0.3) is 0 Å². The monoisotopic (exact) mass is 389 g/mol. The van der Waals surface area contributed by atoms with Gasteiger partial charge in [-0.2, -0.15) is 0 Å². The molecule has 1 saturated heterocycles. The summed E-state index contributed by atoms with van der Waals surface area (Å²) in [6.45, 7) is 11.8. The standard InChI is InChI=1S/C21H39N7/c1-3-22-21(23-12-7-14-27-16-10-18(2)11-17-27)24-13-9-20-26-25-19-8-5-4-6-15-28(19)20/h18H,3-17H2,1-2H3,(H2,22,23,24). The van der Waals surface area contributed by atoms with Crippen LogP contribution in [-0.2, 0) is 19.4 Å². The summed E-state index contributed by atoms with van der Waals surface area (Å²) in [4.78, 5) is 7.35. The van der Waals surface area contributed by atoms with Gasteiger partial charge in [-0.3, -0.25) is 4.99 Å². The van der Waals surface area contributed by atoms with Gasteiger partial charge in [0.1, 0.15) is 11.6 Å². The topological polar surface area (TPSA) is 70.4 Å². The second-order valence-electron chi connectivity index (χ2n) is 8.31. The third kappa shape index (κ3) is 6.47. The predicted molar refractivity (Wildman–Crippen MR) is 115 cm³/mol. The van der Waals surface area contributed by atoms with Gasteiger partial charge in [0.25, 0.3) is 0 Å². The maximum absolute atomic E-state index is 4.76. The zero-order chi connectivity index (χ0) is 19.6. The second kappa shape index (κ2) is 11.4. The molecule has 158 valence electrons. The van der Waals surface area contributed by atoms with E-state index in [1.54, 1.807) is 0 Å². The number of hydrogen-bond acceptors (Lipinski definition) is 4. The van der Waals surface area contributed by atoms with Gasteiger partial charge < -0.3 is 20.1 Å². The number of guanidine groups is 1. The highest BCUT2D eigenvalue weighted by Gasteiger charge is 2.15. The van der Waals surface area contributed by atoms with Gasteiger partial charge in [-0.05, 0) is 64.6 Å². The largest absolute Gasteiger partial charge is 0.357 e. The minimum atomic E-state index is 0.841. The molecule has 1 aromatic heterocycles. The van der Waals surface area contributed by atoms with Crippen LogP contribution in [0.5, 0.6) is 0 Å². The molecule has 2 N–H and O–H groups in total. The van der Waals surface area contributed by atoms with Crippen molar-refractivity contribution in [2.45, 2.75) is 71.8 Å². The van der Waals surface area contributed by atoms with Crippen LogP contribution in [0.4, 0.5) is 0 Å². The number of rotatable bonds is 8. The number of aromatic nitrogens is 3. The van der Waals surface area contributed by atoms with Gasteiger partial charge in [0.2, 0.25) is 0 Å². The van der Waals surface area contributed by atoms with Crippen molar-refractivity contribution in [3.63, 3.8) is 0 Å². The molecule has 7 nitrogen and oxygen atoms in total. The molecular formula is C21H39N7. The van der Waals surface area contributed by atoms with Crippen molar-refractivity contribution in [1.82, 2.24) is 30.3 Å². The van der Waals surface area contributed by atoms with Crippen LogP contribution in [0.2, 0.25) is 0 Å². The van der Waals surface area contributed by atoms with Gasteiger partial charge in [0.15, 0.2) is 5.96 Å². The van der Waals surface area contributed by atoms with Crippen LogP contribution < -0.4 is 10.6 Å². The predicted octanol–water partition coefficient (Wildman–Crippen LogP) is 2.22. The van der Waals surface area contributed by atoms with Gasteiger partial charge in [0, 0.05) is 39.0 Å². The Bertz CT molecular complexity index is 602. The molecule has 1 fully saturated rings. The molecule has 3 rings (SSSR count). The SMILES string of the molecule is CCNC(=NCCCN1CCC(C)CC1)NCCc1nnc2n1CCCCC2. The number of nitrogens with zero attached hydrogens (tertiary/aromatic N) is 5. The molecule has 0 bridgehead atoms. The molecule has 0 radical (unpaired) electrons. The van der Waals surface area contributed by atoms with Crippen molar-refractivity contribution in [2.75, 3.05) is 39.3 Å². The summed E-state index contributed by atoms with van der Waals surface area (Å²) in [6.07, 6.45) is 9.57. The summed E-state index contributed by atoms with van der Waals surface area (Å²) < 4.78 is 2.33. The van der Waals surface area contributed by atoms with Crippen LogP contribution in [0.3, 0.4) is 0 Å². The Labute approximate surface area is 170 Å². The lowest BCUT2D eigenvalue weighted by Gasteiger charge is -2.29. The zero-order valence-electron chi connectivity index (χ0n) is 17.9. The van der Waals surface area contributed by atoms with Crippen LogP contribution >= 0.6 is 0 Å². The van der Waals surface area contributed by atoms with E-state index in [1.165, 1.54) is 57.6 Å². The van der Waals surface area contributed by atoms with Crippen LogP contribution in [-0.4, -0.2) is 64.9 Å². The van der Waals surface area contributed by atoms with Gasteiger partial charge >= 0.3 is 0 Å². The van der Waals surface area contributed by atoms with Crippen molar-refractivity contribution in [2.24, 2.45) is 10.9 Å². The maximum Gasteiger partial charge on any atom is 0.191 e. The molecule has 0 aliphatic carbocycles. The molecule has 0 saturated carbocycles. The number of hydrogen-bond donors (Lipinski definition) is 2. The number of piperidine rings is 1. The number of likely N-dealkylation sites (tertiary alicyclic amines) is 1. The van der Waals surface area contributed by atoms with Crippen molar-refractivity contribution in [3.05, 3.63) is 11.6 Å². The molecule has 2 aliphatic rings. The number of aryl methyl sites for hydroxylation is 1. The Morgan fingerprint density at radius 2 is 1.96 bits per heavy atom. The smallest absolute Gasteiger partial charge is 0.191 e. The average molecular weight is 390 g/mol. The highest BCUT2D eigenvalue weighted by Crippen LogP contribution is 2.16. The fourth-order valence-electron chi connectivity index (χ4n) is 4.14. The molecule has 0 amide bonds. The van der Waals surface area contributed by atoms with Crippen LogP contribution in [0.1, 0.15) is 64.0 Å². The van der Waals surface area contributed by atoms with Crippen LogP contribution in [0.15, 0.2) is 4.99 Å². The van der Waals surface area contributed by atoms with Crippen molar-refractivity contribution >= 4 is 5.96 Å². The lowest BCUT2D eigenvalue weighted by molar-refractivity contribution is 0.192. The Kier molecular flexibility index (Phi) is 8.58. The lowest BCUT2D eigenvalue weighted by Crippen LogP contribution is -2.39. The molecule has 2 aliphatic heterocycles. The van der Waals surface area contributed by atoms with E-state index in [0.717, 1.165) is 63.1 Å². The summed E-state index contributed by atoms with van der Waals surface area (Å²) in [6, 6.07) is 0. The third-order valence-corrected chi connectivity index (χ3v) is 5.95. The zero-order valence-corrected chi connectivity index (χ0v) is 17.9. The summed E-state index contributed by atoms with van der Waals surface area (Å²) in [5.41, 5.74) is 0. The van der Waals surface area contributed by atoms with Crippen molar-refractivity contribution in [3.8, 4) is 0 Å². The van der Waals surface area contributed by atoms with Gasteiger partial charge in [-0.25, -0.2) is 0 Å². The quantitative estimate of drug-likeness (QED) is 0.405. The van der Waals surface area contributed by atoms with E-state index in [1.807, 2.05) is 0 Å². The average Bonchev–Trinajstić information content (AvgIpc) is 2.93.